The third-order valence-corrected chi connectivity index (χ3v) is 7.50. The van der Waals surface area contributed by atoms with Crippen LogP contribution in [-0.2, 0) is 16.0 Å². The quantitative estimate of drug-likeness (QED) is 0.202. The maximum Gasteiger partial charge on any atom is 0.490 e. The number of hydrogen-bond acceptors (Lipinski definition) is 11. The number of nitrogens with one attached hydrogen (secondary N) is 2. The van der Waals surface area contributed by atoms with E-state index in [-0.39, 0.29) is 0 Å². The number of aromatic nitrogens is 5. The van der Waals surface area contributed by atoms with Crippen molar-refractivity contribution >= 4 is 57.3 Å². The first-order chi connectivity index (χ1) is 21.6. The van der Waals surface area contributed by atoms with E-state index in [1.165, 1.54) is 17.3 Å². The number of carboxylic acids is 2. The predicted octanol–water partition coefficient (Wildman–Crippen LogP) is 4.47. The van der Waals surface area contributed by atoms with Crippen LogP contribution in [0.5, 0.6) is 0 Å². The van der Waals surface area contributed by atoms with E-state index in [1.54, 1.807) is 18.6 Å². The fraction of sp³-hybridized carbons (Fsp3) is 0.423. The smallest absolute Gasteiger partial charge is 0.475 e. The number of anilines is 1. The zero-order chi connectivity index (χ0) is 34.1. The van der Waals surface area contributed by atoms with Gasteiger partial charge in [0.15, 0.2) is 10.8 Å². The Hall–Kier alpha value is -3.81. The average molecular weight is 697 g/mol. The summed E-state index contributed by atoms with van der Waals surface area (Å²) < 4.78 is 63.5. The molecule has 0 radical (unpaired) electrons. The van der Waals surface area contributed by atoms with Gasteiger partial charge in [0.1, 0.15) is 11.3 Å². The van der Waals surface area contributed by atoms with Crippen molar-refractivity contribution in [2.45, 2.75) is 42.2 Å². The number of fused-ring (bicyclic) bond motifs is 2. The summed E-state index contributed by atoms with van der Waals surface area (Å²) in [5.74, 6) is -4.70. The molecule has 1 aliphatic heterocycles. The number of nitrogens with zero attached hydrogens (tertiary/aromatic N) is 6. The van der Waals surface area contributed by atoms with Crippen molar-refractivity contribution in [2.75, 3.05) is 44.6 Å². The van der Waals surface area contributed by atoms with E-state index in [9.17, 15) is 26.3 Å². The van der Waals surface area contributed by atoms with Gasteiger partial charge in [-0.15, -0.1) is 0 Å². The van der Waals surface area contributed by atoms with Gasteiger partial charge in [0.05, 0.1) is 16.3 Å². The van der Waals surface area contributed by atoms with Gasteiger partial charge in [0.25, 0.3) is 0 Å². The van der Waals surface area contributed by atoms with Crippen LogP contribution in [0.2, 0.25) is 0 Å². The Kier molecular flexibility index (Phi) is 12.9. The van der Waals surface area contributed by atoms with Crippen LogP contribution in [-0.4, -0.2) is 104 Å². The molecule has 1 saturated heterocycles. The second-order valence-corrected chi connectivity index (χ2v) is 10.8. The second-order valence-electron chi connectivity index (χ2n) is 9.42. The van der Waals surface area contributed by atoms with Gasteiger partial charge in [-0.05, 0) is 29.8 Å². The zero-order valence-corrected chi connectivity index (χ0v) is 25.5. The number of alkyl halides is 6. The molecule has 3 aromatic rings. The van der Waals surface area contributed by atoms with Crippen LogP contribution in [0.25, 0.3) is 16.2 Å². The van der Waals surface area contributed by atoms with E-state index in [0.717, 1.165) is 84.6 Å². The van der Waals surface area contributed by atoms with Crippen LogP contribution in [0.1, 0.15) is 24.6 Å². The van der Waals surface area contributed by atoms with E-state index in [4.69, 9.17) is 41.4 Å². The first kappa shape index (κ1) is 36.7. The number of pyridine rings is 1. The summed E-state index contributed by atoms with van der Waals surface area (Å²) in [5, 5.41) is 22.7. The van der Waals surface area contributed by atoms with Crippen molar-refractivity contribution in [3.05, 3.63) is 41.5 Å². The molecular weight excluding hydrogens is 670 g/mol. The molecule has 0 atom stereocenters. The van der Waals surface area contributed by atoms with E-state index in [0.29, 0.717) is 10.8 Å². The highest BCUT2D eigenvalue weighted by molar-refractivity contribution is 7.99. The Labute approximate surface area is 266 Å². The number of halogens is 7. The summed E-state index contributed by atoms with van der Waals surface area (Å²) >= 11 is 8.21. The lowest BCUT2D eigenvalue weighted by molar-refractivity contribution is -0.193. The number of carboxylic acid groups (broad SMARTS) is 2. The lowest BCUT2D eigenvalue weighted by Gasteiger charge is -2.27. The SMILES string of the molecule is CCC1=C(Cl)c2c(nc(Sc3cnc4nccnc4c3)nc2NCCN2CCNCC2)C1.O=C(O)C(F)(F)F.O=C(O)C(F)(F)F. The summed E-state index contributed by atoms with van der Waals surface area (Å²) in [6.07, 6.45) is -3.38. The van der Waals surface area contributed by atoms with Crippen LogP contribution in [0.4, 0.5) is 32.2 Å². The van der Waals surface area contributed by atoms with Gasteiger partial charge in [-0.25, -0.2) is 29.5 Å². The standard InChI is InChI=1S/C22H25ClN8S.2C2HF3O2/c1-2-14-11-16-18(19(14)23)21(27-7-10-31-8-5-24-6-9-31)30-22(29-16)32-15-12-17-20(28-13-15)26-4-3-25-17;2*3-2(4,5)1(6)7/h3-4,12-13,24H,2,5-11H2,1H3,(H,27,29,30);2*(H,6,7). The van der Waals surface area contributed by atoms with Gasteiger partial charge in [0, 0.05) is 69.2 Å². The largest absolute Gasteiger partial charge is 0.490 e. The molecule has 0 amide bonds. The van der Waals surface area contributed by atoms with Crippen molar-refractivity contribution in [2.24, 2.45) is 0 Å². The number of piperazine rings is 1. The van der Waals surface area contributed by atoms with Crippen molar-refractivity contribution < 1.29 is 46.1 Å². The third kappa shape index (κ3) is 10.6. The Morgan fingerprint density at radius 2 is 1.63 bits per heavy atom. The summed E-state index contributed by atoms with van der Waals surface area (Å²) in [5.41, 5.74) is 4.54. The molecule has 46 heavy (non-hydrogen) atoms. The highest BCUT2D eigenvalue weighted by Gasteiger charge is 2.39. The molecule has 5 rings (SSSR count). The maximum atomic E-state index is 10.6. The molecule has 4 N–H and O–H groups in total. The second kappa shape index (κ2) is 16.1. The number of rotatable bonds is 7. The van der Waals surface area contributed by atoms with Crippen molar-refractivity contribution in [1.82, 2.24) is 35.1 Å². The monoisotopic (exact) mass is 696 g/mol. The lowest BCUT2D eigenvalue weighted by atomic mass is 10.2. The first-order valence-corrected chi connectivity index (χ1v) is 14.6. The average Bonchev–Trinajstić information content (AvgIpc) is 3.32. The van der Waals surface area contributed by atoms with Gasteiger partial charge < -0.3 is 20.8 Å². The molecule has 2 aliphatic rings. The number of aliphatic carboxylic acids is 2. The van der Waals surface area contributed by atoms with Crippen LogP contribution in [0.3, 0.4) is 0 Å². The van der Waals surface area contributed by atoms with Gasteiger partial charge in [-0.1, -0.05) is 18.5 Å². The Morgan fingerprint density at radius 1 is 1.02 bits per heavy atom. The van der Waals surface area contributed by atoms with Crippen molar-refractivity contribution in [3.63, 3.8) is 0 Å². The number of allylic oxidation sites excluding steroid dienone is 1. The molecule has 12 nitrogen and oxygen atoms in total. The Balaban J connectivity index is 0.000000345. The van der Waals surface area contributed by atoms with Gasteiger partial charge in [-0.3, -0.25) is 9.88 Å². The highest BCUT2D eigenvalue weighted by atomic mass is 35.5. The van der Waals surface area contributed by atoms with Gasteiger partial charge in [-0.2, -0.15) is 26.3 Å². The predicted molar refractivity (Wildman–Crippen MR) is 155 cm³/mol. The molecule has 0 bridgehead atoms. The fourth-order valence-electron chi connectivity index (χ4n) is 4.02. The minimum Gasteiger partial charge on any atom is -0.475 e. The molecule has 0 spiro atoms. The van der Waals surface area contributed by atoms with Gasteiger partial charge in [0.2, 0.25) is 0 Å². The number of hydrogen-bond donors (Lipinski definition) is 4. The molecule has 3 aromatic heterocycles. The minimum atomic E-state index is -5.08. The van der Waals surface area contributed by atoms with E-state index in [2.05, 4.69) is 37.4 Å². The van der Waals surface area contributed by atoms with Crippen molar-refractivity contribution in [1.29, 1.82) is 0 Å². The molecule has 0 saturated carbocycles. The number of carbonyl (C=O) groups is 2. The van der Waals surface area contributed by atoms with E-state index in [1.807, 2.05) is 6.07 Å². The summed E-state index contributed by atoms with van der Waals surface area (Å²) in [4.78, 5) is 43.9. The van der Waals surface area contributed by atoms with Crippen LogP contribution >= 0.6 is 23.4 Å². The molecule has 0 aromatic carbocycles. The van der Waals surface area contributed by atoms with Crippen LogP contribution < -0.4 is 10.6 Å². The zero-order valence-electron chi connectivity index (χ0n) is 23.9. The molecule has 20 heteroatoms. The fourth-order valence-corrected chi connectivity index (χ4v) is 5.20. The maximum absolute atomic E-state index is 10.6. The Bertz CT molecular complexity index is 1550. The Morgan fingerprint density at radius 3 is 2.22 bits per heavy atom. The minimum absolute atomic E-state index is 0.630. The molecule has 0 unspecified atom stereocenters. The summed E-state index contributed by atoms with van der Waals surface area (Å²) in [6.45, 7) is 8.15. The first-order valence-electron chi connectivity index (χ1n) is 13.4. The van der Waals surface area contributed by atoms with Crippen LogP contribution in [0, 0.1) is 0 Å². The molecule has 250 valence electrons. The molecule has 1 aliphatic carbocycles. The van der Waals surface area contributed by atoms with E-state index >= 15 is 0 Å². The van der Waals surface area contributed by atoms with E-state index < -0.39 is 24.3 Å². The van der Waals surface area contributed by atoms with Crippen molar-refractivity contribution in [3.8, 4) is 0 Å². The molecular formula is C26H27ClF6N8O4S. The lowest BCUT2D eigenvalue weighted by Crippen LogP contribution is -2.45. The summed E-state index contributed by atoms with van der Waals surface area (Å²) in [6, 6.07) is 1.97. The third-order valence-electron chi connectivity index (χ3n) is 6.22. The molecule has 1 fully saturated rings. The topological polar surface area (TPSA) is 166 Å². The van der Waals surface area contributed by atoms with Gasteiger partial charge >= 0.3 is 24.3 Å². The highest BCUT2D eigenvalue weighted by Crippen LogP contribution is 2.41. The van der Waals surface area contributed by atoms with Crippen LogP contribution in [0.15, 0.2) is 40.3 Å². The normalized spacial score (nSPS) is 15.0. The summed E-state index contributed by atoms with van der Waals surface area (Å²) in [7, 11) is 0. The molecule has 4 heterocycles.